The van der Waals surface area contributed by atoms with Crippen molar-refractivity contribution in [3.05, 3.63) is 78.4 Å². The van der Waals surface area contributed by atoms with Crippen LogP contribution in [0.4, 0.5) is 0 Å². The van der Waals surface area contributed by atoms with Gasteiger partial charge in [-0.3, -0.25) is 0 Å². The first-order valence-corrected chi connectivity index (χ1v) is 10.7. The van der Waals surface area contributed by atoms with Gasteiger partial charge >= 0.3 is 0 Å². The van der Waals surface area contributed by atoms with Crippen LogP contribution in [-0.4, -0.2) is 6.61 Å². The van der Waals surface area contributed by atoms with E-state index in [1.54, 1.807) is 11.3 Å². The number of thiophene rings is 1. The summed E-state index contributed by atoms with van der Waals surface area (Å²) in [6.07, 6.45) is 9.08. The van der Waals surface area contributed by atoms with E-state index >= 15 is 0 Å². The molecule has 0 amide bonds. The molecular weight excluding hydrogens is 348 g/mol. The van der Waals surface area contributed by atoms with Crippen LogP contribution < -0.4 is 4.74 Å². The number of aryl methyl sites for hydroxylation is 1. The summed E-state index contributed by atoms with van der Waals surface area (Å²) < 4.78 is 5.72. The van der Waals surface area contributed by atoms with Gasteiger partial charge in [0.05, 0.1) is 0 Å². The Morgan fingerprint density at radius 3 is 2.15 bits per heavy atom. The Morgan fingerprint density at radius 1 is 0.815 bits per heavy atom. The largest absolute Gasteiger partial charge is 0.480 e. The van der Waals surface area contributed by atoms with Gasteiger partial charge in [0.15, 0.2) is 5.06 Å². The summed E-state index contributed by atoms with van der Waals surface area (Å²) in [4.78, 5) is 1.24. The zero-order chi connectivity index (χ0) is 18.9. The van der Waals surface area contributed by atoms with Gasteiger partial charge in [0.2, 0.25) is 0 Å². The van der Waals surface area contributed by atoms with E-state index in [0.29, 0.717) is 6.61 Å². The molecule has 0 atom stereocenters. The van der Waals surface area contributed by atoms with Crippen molar-refractivity contribution in [1.29, 1.82) is 0 Å². The second kappa shape index (κ2) is 10.1. The zero-order valence-corrected chi connectivity index (χ0v) is 17.1. The fourth-order valence-electron chi connectivity index (χ4n) is 3.05. The fourth-order valence-corrected chi connectivity index (χ4v) is 3.92. The molecule has 0 unspecified atom stereocenters. The maximum atomic E-state index is 5.72. The molecule has 0 aliphatic heterocycles. The van der Waals surface area contributed by atoms with E-state index in [2.05, 4.69) is 67.6 Å². The van der Waals surface area contributed by atoms with E-state index in [-0.39, 0.29) is 0 Å². The summed E-state index contributed by atoms with van der Waals surface area (Å²) in [5, 5.41) is 0.964. The second-order valence-corrected chi connectivity index (χ2v) is 7.78. The molecule has 2 aromatic carbocycles. The Hall–Kier alpha value is -2.32. The SMILES string of the molecule is CC=CCOc1ccc(-c2ccc(-c3ccc(CCCCC)cc3)cc2)s1. The van der Waals surface area contributed by atoms with Crippen molar-refractivity contribution in [3.63, 3.8) is 0 Å². The first kappa shape index (κ1) is 19.4. The maximum absolute atomic E-state index is 5.72. The molecule has 1 nitrogen and oxygen atoms in total. The van der Waals surface area contributed by atoms with Crippen LogP contribution in [0.25, 0.3) is 21.6 Å². The van der Waals surface area contributed by atoms with Crippen LogP contribution in [0.5, 0.6) is 5.06 Å². The Morgan fingerprint density at radius 2 is 1.48 bits per heavy atom. The average molecular weight is 377 g/mol. The lowest BCUT2D eigenvalue weighted by Gasteiger charge is -2.06. The Kier molecular flexibility index (Phi) is 7.29. The van der Waals surface area contributed by atoms with Crippen LogP contribution in [0.2, 0.25) is 0 Å². The monoisotopic (exact) mass is 376 g/mol. The molecule has 1 aromatic heterocycles. The molecule has 3 rings (SSSR count). The molecule has 0 aliphatic rings. The Balaban J connectivity index is 1.64. The van der Waals surface area contributed by atoms with Crippen molar-refractivity contribution in [2.45, 2.75) is 39.5 Å². The highest BCUT2D eigenvalue weighted by molar-refractivity contribution is 7.17. The quantitative estimate of drug-likeness (QED) is 0.274. The number of unbranched alkanes of at least 4 members (excludes halogenated alkanes) is 2. The lowest BCUT2D eigenvalue weighted by atomic mass is 10.0. The summed E-state index contributed by atoms with van der Waals surface area (Å²) >= 11 is 1.69. The standard InChI is InChI=1S/C25H28OS/c1-3-5-7-8-20-9-11-21(12-10-20)22-13-15-23(16-14-22)24-17-18-25(27-24)26-19-6-4-2/h4,6,9-18H,3,5,7-8,19H2,1-2H3. The van der Waals surface area contributed by atoms with E-state index in [4.69, 9.17) is 4.74 Å². The number of hydrogen-bond acceptors (Lipinski definition) is 2. The molecule has 0 aliphatic carbocycles. The van der Waals surface area contributed by atoms with Gasteiger partial charge in [0.1, 0.15) is 6.61 Å². The van der Waals surface area contributed by atoms with E-state index in [0.717, 1.165) is 5.06 Å². The number of allylic oxidation sites excluding steroid dienone is 1. The zero-order valence-electron chi connectivity index (χ0n) is 16.3. The third kappa shape index (κ3) is 5.58. The van der Waals surface area contributed by atoms with Crippen LogP contribution >= 0.6 is 11.3 Å². The summed E-state index contributed by atoms with van der Waals surface area (Å²) in [6, 6.07) is 22.0. The second-order valence-electron chi connectivity index (χ2n) is 6.73. The van der Waals surface area contributed by atoms with Gasteiger partial charge in [-0.05, 0) is 54.2 Å². The first-order chi connectivity index (χ1) is 13.3. The molecule has 0 saturated heterocycles. The predicted molar refractivity (Wildman–Crippen MR) is 119 cm³/mol. The molecule has 0 bridgehead atoms. The highest BCUT2D eigenvalue weighted by Gasteiger charge is 2.05. The third-order valence-corrected chi connectivity index (χ3v) is 5.71. The van der Waals surface area contributed by atoms with Gasteiger partial charge in [-0.2, -0.15) is 0 Å². The van der Waals surface area contributed by atoms with E-state index in [1.165, 1.54) is 52.8 Å². The van der Waals surface area contributed by atoms with Crippen molar-refractivity contribution >= 4 is 11.3 Å². The molecule has 2 heteroatoms. The van der Waals surface area contributed by atoms with Crippen LogP contribution in [0.3, 0.4) is 0 Å². The minimum atomic E-state index is 0.629. The molecule has 140 valence electrons. The van der Waals surface area contributed by atoms with E-state index in [1.807, 2.05) is 19.1 Å². The predicted octanol–water partition coefficient (Wildman–Crippen LogP) is 7.77. The first-order valence-electron chi connectivity index (χ1n) is 9.83. The van der Waals surface area contributed by atoms with Crippen molar-refractivity contribution in [3.8, 4) is 26.6 Å². The topological polar surface area (TPSA) is 9.23 Å². The normalized spacial score (nSPS) is 11.2. The number of hydrogen-bond donors (Lipinski definition) is 0. The van der Waals surface area contributed by atoms with Gasteiger partial charge in [-0.1, -0.05) is 91.8 Å². The number of benzene rings is 2. The van der Waals surface area contributed by atoms with Gasteiger partial charge in [0.25, 0.3) is 0 Å². The minimum Gasteiger partial charge on any atom is -0.480 e. The van der Waals surface area contributed by atoms with Crippen LogP contribution in [0.15, 0.2) is 72.8 Å². The number of ether oxygens (including phenoxy) is 1. The van der Waals surface area contributed by atoms with Gasteiger partial charge in [-0.25, -0.2) is 0 Å². The number of rotatable bonds is 9. The molecular formula is C25H28OS. The molecule has 0 saturated carbocycles. The minimum absolute atomic E-state index is 0.629. The third-order valence-electron chi connectivity index (χ3n) is 4.66. The lowest BCUT2D eigenvalue weighted by Crippen LogP contribution is -1.89. The fraction of sp³-hybridized carbons (Fsp3) is 0.280. The summed E-state index contributed by atoms with van der Waals surface area (Å²) in [6.45, 7) is 4.88. The van der Waals surface area contributed by atoms with Gasteiger partial charge in [0, 0.05) is 4.88 Å². The average Bonchev–Trinajstić information content (AvgIpc) is 3.18. The van der Waals surface area contributed by atoms with Crippen LogP contribution in [0.1, 0.15) is 38.7 Å². The Labute approximate surface area is 167 Å². The Bertz CT molecular complexity index is 841. The molecule has 1 heterocycles. The highest BCUT2D eigenvalue weighted by atomic mass is 32.1. The molecule has 3 aromatic rings. The highest BCUT2D eigenvalue weighted by Crippen LogP contribution is 2.34. The van der Waals surface area contributed by atoms with E-state index in [9.17, 15) is 0 Å². The summed E-state index contributed by atoms with van der Waals surface area (Å²) in [5.41, 5.74) is 5.22. The summed E-state index contributed by atoms with van der Waals surface area (Å²) in [7, 11) is 0. The van der Waals surface area contributed by atoms with Crippen molar-refractivity contribution < 1.29 is 4.74 Å². The van der Waals surface area contributed by atoms with E-state index < -0.39 is 0 Å². The summed E-state index contributed by atoms with van der Waals surface area (Å²) in [5.74, 6) is 0. The van der Waals surface area contributed by atoms with Crippen molar-refractivity contribution in [1.82, 2.24) is 0 Å². The maximum Gasteiger partial charge on any atom is 0.174 e. The van der Waals surface area contributed by atoms with Crippen molar-refractivity contribution in [2.24, 2.45) is 0 Å². The van der Waals surface area contributed by atoms with Crippen LogP contribution in [-0.2, 0) is 6.42 Å². The molecule has 27 heavy (non-hydrogen) atoms. The lowest BCUT2D eigenvalue weighted by molar-refractivity contribution is 0.373. The molecule has 0 N–H and O–H groups in total. The van der Waals surface area contributed by atoms with Crippen molar-refractivity contribution in [2.75, 3.05) is 6.61 Å². The smallest absolute Gasteiger partial charge is 0.174 e. The molecule has 0 spiro atoms. The van der Waals surface area contributed by atoms with Gasteiger partial charge < -0.3 is 4.74 Å². The molecule has 0 fully saturated rings. The molecule has 0 radical (unpaired) electrons. The van der Waals surface area contributed by atoms with Gasteiger partial charge in [-0.15, -0.1) is 0 Å². The van der Waals surface area contributed by atoms with Crippen LogP contribution in [0, 0.1) is 0 Å².